The minimum Gasteiger partial charge on any atom is -0.468 e. The van der Waals surface area contributed by atoms with Crippen molar-refractivity contribution >= 4 is 16.0 Å². The molecule has 1 unspecified atom stereocenters. The SMILES string of the molecule is COC(=O)C1CCCCN1S(=O)(=O)c1ccc(F)cc1F. The molecule has 0 radical (unpaired) electrons. The van der Waals surface area contributed by atoms with Crippen LogP contribution in [-0.4, -0.2) is 38.4 Å². The van der Waals surface area contributed by atoms with E-state index in [1.54, 1.807) is 0 Å². The summed E-state index contributed by atoms with van der Waals surface area (Å²) in [5.41, 5.74) is 0. The summed E-state index contributed by atoms with van der Waals surface area (Å²) in [7, 11) is -3.06. The molecule has 0 aromatic heterocycles. The lowest BCUT2D eigenvalue weighted by atomic mass is 10.1. The van der Waals surface area contributed by atoms with Crippen molar-refractivity contribution in [2.75, 3.05) is 13.7 Å². The molecule has 2 rings (SSSR count). The second-order valence-electron chi connectivity index (χ2n) is 4.73. The number of nitrogens with zero attached hydrogens (tertiary/aromatic N) is 1. The van der Waals surface area contributed by atoms with Gasteiger partial charge in [-0.3, -0.25) is 4.79 Å². The summed E-state index contributed by atoms with van der Waals surface area (Å²) < 4.78 is 57.2. The summed E-state index contributed by atoms with van der Waals surface area (Å²) in [4.78, 5) is 11.1. The molecule has 0 bridgehead atoms. The van der Waals surface area contributed by atoms with Crippen LogP contribution >= 0.6 is 0 Å². The van der Waals surface area contributed by atoms with Gasteiger partial charge in [-0.15, -0.1) is 0 Å². The van der Waals surface area contributed by atoms with Gasteiger partial charge >= 0.3 is 5.97 Å². The van der Waals surface area contributed by atoms with Crippen LogP contribution in [0.15, 0.2) is 23.1 Å². The molecule has 0 amide bonds. The molecule has 0 saturated carbocycles. The van der Waals surface area contributed by atoms with Gasteiger partial charge in [-0.25, -0.2) is 17.2 Å². The zero-order valence-corrected chi connectivity index (χ0v) is 12.2. The van der Waals surface area contributed by atoms with Gasteiger partial charge in [-0.2, -0.15) is 4.31 Å². The zero-order valence-electron chi connectivity index (χ0n) is 11.4. The third-order valence-electron chi connectivity index (χ3n) is 3.41. The first kappa shape index (κ1) is 15.8. The molecule has 5 nitrogen and oxygen atoms in total. The number of ether oxygens (including phenoxy) is 1. The molecule has 0 spiro atoms. The number of methoxy groups -OCH3 is 1. The van der Waals surface area contributed by atoms with Gasteiger partial charge in [0.1, 0.15) is 22.6 Å². The first-order chi connectivity index (χ1) is 9.87. The van der Waals surface area contributed by atoms with Crippen molar-refractivity contribution in [1.82, 2.24) is 4.31 Å². The van der Waals surface area contributed by atoms with E-state index in [2.05, 4.69) is 4.74 Å². The predicted octanol–water partition coefficient (Wildman–Crippen LogP) is 1.68. The largest absolute Gasteiger partial charge is 0.468 e. The number of sulfonamides is 1. The monoisotopic (exact) mass is 319 g/mol. The lowest BCUT2D eigenvalue weighted by Gasteiger charge is -2.32. The lowest BCUT2D eigenvalue weighted by Crippen LogP contribution is -2.48. The Morgan fingerprint density at radius 1 is 1.33 bits per heavy atom. The van der Waals surface area contributed by atoms with Crippen LogP contribution in [0.4, 0.5) is 8.78 Å². The Labute approximate surface area is 121 Å². The Morgan fingerprint density at radius 3 is 2.67 bits per heavy atom. The number of hydrogen-bond acceptors (Lipinski definition) is 4. The minimum absolute atomic E-state index is 0.0961. The van der Waals surface area contributed by atoms with Gasteiger partial charge < -0.3 is 4.74 Å². The van der Waals surface area contributed by atoms with E-state index in [1.807, 2.05) is 0 Å². The molecule has 0 N–H and O–H groups in total. The van der Waals surface area contributed by atoms with E-state index < -0.39 is 38.6 Å². The average molecular weight is 319 g/mol. The highest BCUT2D eigenvalue weighted by molar-refractivity contribution is 7.89. The van der Waals surface area contributed by atoms with Crippen molar-refractivity contribution in [3.05, 3.63) is 29.8 Å². The standard InChI is InChI=1S/C13H15F2NO4S/c1-20-13(17)11-4-2-3-7-16(11)21(18,19)12-6-5-9(14)8-10(12)15/h5-6,8,11H,2-4,7H2,1H3. The van der Waals surface area contributed by atoms with Crippen LogP contribution in [0, 0.1) is 11.6 Å². The average Bonchev–Trinajstić information content (AvgIpc) is 2.46. The molecule has 21 heavy (non-hydrogen) atoms. The maximum absolute atomic E-state index is 13.7. The van der Waals surface area contributed by atoms with Gasteiger partial charge in [0.2, 0.25) is 10.0 Å². The van der Waals surface area contributed by atoms with Crippen LogP contribution in [0.5, 0.6) is 0 Å². The molecular weight excluding hydrogens is 304 g/mol. The van der Waals surface area contributed by atoms with Crippen LogP contribution in [0.25, 0.3) is 0 Å². The quantitative estimate of drug-likeness (QED) is 0.795. The third-order valence-corrected chi connectivity index (χ3v) is 5.35. The molecule has 1 aromatic carbocycles. The number of carbonyl (C=O) groups excluding carboxylic acids is 1. The first-order valence-corrected chi connectivity index (χ1v) is 7.86. The number of benzene rings is 1. The second-order valence-corrected chi connectivity index (χ2v) is 6.58. The van der Waals surface area contributed by atoms with Gasteiger partial charge in [0, 0.05) is 12.6 Å². The van der Waals surface area contributed by atoms with Gasteiger partial charge in [0.15, 0.2) is 0 Å². The van der Waals surface area contributed by atoms with Crippen molar-refractivity contribution in [1.29, 1.82) is 0 Å². The van der Waals surface area contributed by atoms with Crippen LogP contribution in [0.3, 0.4) is 0 Å². The summed E-state index contributed by atoms with van der Waals surface area (Å²) in [5.74, 6) is -2.72. The van der Waals surface area contributed by atoms with E-state index in [-0.39, 0.29) is 6.54 Å². The molecule has 1 aromatic rings. The fraction of sp³-hybridized carbons (Fsp3) is 0.462. The third kappa shape index (κ3) is 3.06. The highest BCUT2D eigenvalue weighted by Gasteiger charge is 2.39. The Balaban J connectivity index is 2.43. The Kier molecular flexibility index (Phi) is 4.58. The van der Waals surface area contributed by atoms with Gasteiger partial charge in [-0.1, -0.05) is 0 Å². The molecular formula is C13H15F2NO4S. The fourth-order valence-electron chi connectivity index (χ4n) is 2.38. The molecule has 1 aliphatic heterocycles. The maximum Gasteiger partial charge on any atom is 0.324 e. The van der Waals surface area contributed by atoms with E-state index in [0.29, 0.717) is 25.3 Å². The molecule has 1 heterocycles. The zero-order chi connectivity index (χ0) is 15.6. The molecule has 8 heteroatoms. The summed E-state index contributed by atoms with van der Waals surface area (Å²) in [5, 5.41) is 0. The number of piperidine rings is 1. The molecule has 1 aliphatic rings. The van der Waals surface area contributed by atoms with Crippen LogP contribution in [0.2, 0.25) is 0 Å². The van der Waals surface area contributed by atoms with E-state index in [9.17, 15) is 22.0 Å². The summed E-state index contributed by atoms with van der Waals surface area (Å²) in [6, 6.07) is 1.26. The van der Waals surface area contributed by atoms with Gasteiger partial charge in [0.05, 0.1) is 7.11 Å². The molecule has 1 atom stereocenters. The highest BCUT2D eigenvalue weighted by Crippen LogP contribution is 2.27. The summed E-state index contributed by atoms with van der Waals surface area (Å²) in [6.07, 6.45) is 1.56. The van der Waals surface area contributed by atoms with Crippen LogP contribution in [-0.2, 0) is 19.6 Å². The fourth-order valence-corrected chi connectivity index (χ4v) is 4.07. The van der Waals surface area contributed by atoms with E-state index in [1.165, 1.54) is 7.11 Å². The smallest absolute Gasteiger partial charge is 0.324 e. The highest BCUT2D eigenvalue weighted by atomic mass is 32.2. The Bertz CT molecular complexity index is 648. The summed E-state index contributed by atoms with van der Waals surface area (Å²) >= 11 is 0. The van der Waals surface area contributed by atoms with Gasteiger partial charge in [-0.05, 0) is 31.4 Å². The number of rotatable bonds is 3. The van der Waals surface area contributed by atoms with Crippen molar-refractivity contribution in [3.63, 3.8) is 0 Å². The second kappa shape index (κ2) is 6.07. The van der Waals surface area contributed by atoms with Crippen molar-refractivity contribution in [2.45, 2.75) is 30.2 Å². The molecule has 116 valence electrons. The predicted molar refractivity (Wildman–Crippen MR) is 69.9 cm³/mol. The number of halogens is 2. The number of hydrogen-bond donors (Lipinski definition) is 0. The summed E-state index contributed by atoms with van der Waals surface area (Å²) in [6.45, 7) is 0.0961. The lowest BCUT2D eigenvalue weighted by molar-refractivity contribution is -0.146. The first-order valence-electron chi connectivity index (χ1n) is 6.42. The van der Waals surface area contributed by atoms with E-state index >= 15 is 0 Å². The Hall–Kier alpha value is -1.54. The Morgan fingerprint density at radius 2 is 2.05 bits per heavy atom. The molecule has 0 aliphatic carbocycles. The molecule has 1 saturated heterocycles. The normalized spacial score (nSPS) is 20.2. The van der Waals surface area contributed by atoms with Crippen LogP contribution in [0.1, 0.15) is 19.3 Å². The van der Waals surface area contributed by atoms with Crippen molar-refractivity contribution < 1.29 is 26.7 Å². The van der Waals surface area contributed by atoms with Crippen molar-refractivity contribution in [2.24, 2.45) is 0 Å². The van der Waals surface area contributed by atoms with Crippen molar-refractivity contribution in [3.8, 4) is 0 Å². The molecule has 1 fully saturated rings. The number of esters is 1. The maximum atomic E-state index is 13.7. The van der Waals surface area contributed by atoms with E-state index in [0.717, 1.165) is 16.4 Å². The van der Waals surface area contributed by atoms with Gasteiger partial charge in [0.25, 0.3) is 0 Å². The van der Waals surface area contributed by atoms with E-state index in [4.69, 9.17) is 0 Å². The van der Waals surface area contributed by atoms with Crippen LogP contribution < -0.4 is 0 Å². The minimum atomic E-state index is -4.22. The topological polar surface area (TPSA) is 63.7 Å². The number of carbonyl (C=O) groups is 1.